The molecule has 0 amide bonds. The van der Waals surface area contributed by atoms with E-state index < -0.39 is 0 Å². The van der Waals surface area contributed by atoms with Crippen LogP contribution in [0.2, 0.25) is 0 Å². The molecule has 2 atom stereocenters. The molecule has 0 spiro atoms. The lowest BCUT2D eigenvalue weighted by Gasteiger charge is -2.19. The summed E-state index contributed by atoms with van der Waals surface area (Å²) in [6.07, 6.45) is 0.665. The highest BCUT2D eigenvalue weighted by atomic mass is 16.6. The second-order valence-corrected chi connectivity index (χ2v) is 4.60. The summed E-state index contributed by atoms with van der Waals surface area (Å²) in [4.78, 5) is 10.5. The van der Waals surface area contributed by atoms with Crippen LogP contribution in [0, 0.1) is 17.0 Å². The second-order valence-electron chi connectivity index (χ2n) is 4.60. The van der Waals surface area contributed by atoms with Gasteiger partial charge in [0, 0.05) is 30.3 Å². The Morgan fingerprint density at radius 3 is 2.67 bits per heavy atom. The maximum absolute atomic E-state index is 10.9. The molecule has 2 unspecified atom stereocenters. The monoisotopic (exact) mass is 252 g/mol. The summed E-state index contributed by atoms with van der Waals surface area (Å²) >= 11 is 0. The van der Waals surface area contributed by atoms with Crippen LogP contribution >= 0.6 is 0 Å². The maximum atomic E-state index is 10.9. The Kier molecular flexibility index (Phi) is 5.25. The van der Waals surface area contributed by atoms with E-state index in [4.69, 9.17) is 5.11 Å². The Labute approximate surface area is 107 Å². The molecule has 0 heterocycles. The van der Waals surface area contributed by atoms with Gasteiger partial charge >= 0.3 is 0 Å². The molecule has 1 aromatic carbocycles. The number of aliphatic hydroxyl groups excluding tert-OH is 1. The van der Waals surface area contributed by atoms with Gasteiger partial charge in [-0.15, -0.1) is 0 Å². The summed E-state index contributed by atoms with van der Waals surface area (Å²) < 4.78 is 0. The number of rotatable bonds is 6. The van der Waals surface area contributed by atoms with Gasteiger partial charge in [0.15, 0.2) is 0 Å². The van der Waals surface area contributed by atoms with E-state index in [-0.39, 0.29) is 29.3 Å². The predicted molar refractivity (Wildman–Crippen MR) is 70.5 cm³/mol. The quantitative estimate of drug-likeness (QED) is 0.602. The minimum absolute atomic E-state index is 0.0193. The summed E-state index contributed by atoms with van der Waals surface area (Å²) in [6.45, 7) is 5.81. The van der Waals surface area contributed by atoms with Crippen molar-refractivity contribution in [3.8, 4) is 0 Å². The number of benzene rings is 1. The van der Waals surface area contributed by atoms with Crippen molar-refractivity contribution < 1.29 is 10.0 Å². The lowest BCUT2D eigenvalue weighted by molar-refractivity contribution is -0.385. The first-order valence-electron chi connectivity index (χ1n) is 6.07. The Hall–Kier alpha value is -1.46. The number of nitrogens with one attached hydrogen (secondary N) is 1. The predicted octanol–water partition coefficient (Wildman–Crippen LogP) is 2.32. The molecule has 100 valence electrons. The molecule has 1 rings (SSSR count). The van der Waals surface area contributed by atoms with Gasteiger partial charge in [0.05, 0.1) is 4.92 Å². The molecule has 5 nitrogen and oxygen atoms in total. The van der Waals surface area contributed by atoms with Gasteiger partial charge in [-0.25, -0.2) is 0 Å². The molecular weight excluding hydrogens is 232 g/mol. The number of nitrogens with zero attached hydrogens (tertiary/aromatic N) is 1. The van der Waals surface area contributed by atoms with E-state index in [1.54, 1.807) is 19.1 Å². The first kappa shape index (κ1) is 14.6. The average Bonchev–Trinajstić information content (AvgIpc) is 2.29. The number of nitro groups is 1. The first-order valence-corrected chi connectivity index (χ1v) is 6.07. The van der Waals surface area contributed by atoms with Crippen molar-refractivity contribution in [3.63, 3.8) is 0 Å². The molecule has 0 aromatic heterocycles. The fourth-order valence-electron chi connectivity index (χ4n) is 1.89. The van der Waals surface area contributed by atoms with Gasteiger partial charge in [0.2, 0.25) is 0 Å². The molecule has 0 saturated heterocycles. The van der Waals surface area contributed by atoms with Crippen molar-refractivity contribution in [1.82, 2.24) is 5.32 Å². The van der Waals surface area contributed by atoms with Gasteiger partial charge in [-0.1, -0.05) is 12.1 Å². The van der Waals surface area contributed by atoms with E-state index in [2.05, 4.69) is 5.32 Å². The standard InChI is InChI=1S/C13H20N2O3/c1-9-4-5-12(8-13(9)15(17)18)11(3)14-10(2)6-7-16/h4-5,8,10-11,14,16H,6-7H2,1-3H3. The van der Waals surface area contributed by atoms with Crippen molar-refractivity contribution in [1.29, 1.82) is 0 Å². The first-order chi connectivity index (χ1) is 8.45. The van der Waals surface area contributed by atoms with Crippen molar-refractivity contribution in [2.45, 2.75) is 39.3 Å². The van der Waals surface area contributed by atoms with Crippen LogP contribution in [0.25, 0.3) is 0 Å². The molecule has 0 bridgehead atoms. The van der Waals surface area contributed by atoms with Gasteiger partial charge < -0.3 is 10.4 Å². The second kappa shape index (κ2) is 6.47. The Morgan fingerprint density at radius 1 is 1.44 bits per heavy atom. The molecule has 0 aliphatic heterocycles. The minimum Gasteiger partial charge on any atom is -0.396 e. The minimum atomic E-state index is -0.358. The van der Waals surface area contributed by atoms with E-state index >= 15 is 0 Å². The number of nitro benzene ring substituents is 1. The third-order valence-electron chi connectivity index (χ3n) is 3.03. The topological polar surface area (TPSA) is 75.4 Å². The highest BCUT2D eigenvalue weighted by Gasteiger charge is 2.15. The van der Waals surface area contributed by atoms with Gasteiger partial charge in [-0.2, -0.15) is 0 Å². The van der Waals surface area contributed by atoms with Gasteiger partial charge in [0.25, 0.3) is 5.69 Å². The number of aliphatic hydroxyl groups is 1. The van der Waals surface area contributed by atoms with Crippen molar-refractivity contribution in [2.75, 3.05) is 6.61 Å². The Morgan fingerprint density at radius 2 is 2.11 bits per heavy atom. The molecular formula is C13H20N2O3. The van der Waals surface area contributed by atoms with E-state index in [9.17, 15) is 10.1 Å². The fourth-order valence-corrected chi connectivity index (χ4v) is 1.89. The zero-order valence-electron chi connectivity index (χ0n) is 11.0. The van der Waals surface area contributed by atoms with E-state index in [1.807, 2.05) is 19.9 Å². The van der Waals surface area contributed by atoms with Crippen LogP contribution in [0.3, 0.4) is 0 Å². The van der Waals surface area contributed by atoms with Gasteiger partial charge in [0.1, 0.15) is 0 Å². The maximum Gasteiger partial charge on any atom is 0.272 e. The smallest absolute Gasteiger partial charge is 0.272 e. The van der Waals surface area contributed by atoms with Crippen molar-refractivity contribution in [3.05, 3.63) is 39.4 Å². The molecule has 18 heavy (non-hydrogen) atoms. The summed E-state index contributed by atoms with van der Waals surface area (Å²) in [5.41, 5.74) is 1.70. The van der Waals surface area contributed by atoms with E-state index in [1.165, 1.54) is 0 Å². The van der Waals surface area contributed by atoms with Crippen LogP contribution in [0.4, 0.5) is 5.69 Å². The van der Waals surface area contributed by atoms with Crippen molar-refractivity contribution >= 4 is 5.69 Å². The molecule has 0 radical (unpaired) electrons. The van der Waals surface area contributed by atoms with Crippen LogP contribution < -0.4 is 5.32 Å². The normalized spacial score (nSPS) is 14.2. The number of hydrogen-bond donors (Lipinski definition) is 2. The summed E-state index contributed by atoms with van der Waals surface area (Å²) in [7, 11) is 0. The number of hydrogen-bond acceptors (Lipinski definition) is 4. The van der Waals surface area contributed by atoms with Crippen LogP contribution in [0.5, 0.6) is 0 Å². The number of aryl methyl sites for hydroxylation is 1. The Bertz CT molecular complexity index is 421. The Balaban J connectivity index is 2.83. The molecule has 1 aromatic rings. The molecule has 2 N–H and O–H groups in total. The molecule has 0 saturated carbocycles. The van der Waals surface area contributed by atoms with Crippen LogP contribution in [0.1, 0.15) is 37.4 Å². The lowest BCUT2D eigenvalue weighted by atomic mass is 10.0. The molecule has 5 heteroatoms. The fraction of sp³-hybridized carbons (Fsp3) is 0.538. The van der Waals surface area contributed by atoms with Crippen LogP contribution in [-0.4, -0.2) is 22.7 Å². The largest absolute Gasteiger partial charge is 0.396 e. The van der Waals surface area contributed by atoms with Crippen LogP contribution in [-0.2, 0) is 0 Å². The van der Waals surface area contributed by atoms with E-state index in [0.717, 1.165) is 5.56 Å². The third kappa shape index (κ3) is 3.78. The summed E-state index contributed by atoms with van der Waals surface area (Å²) in [5.74, 6) is 0. The summed E-state index contributed by atoms with van der Waals surface area (Å²) in [6, 6.07) is 5.46. The van der Waals surface area contributed by atoms with Gasteiger partial charge in [-0.05, 0) is 32.8 Å². The summed E-state index contributed by atoms with van der Waals surface area (Å²) in [5, 5.41) is 23.0. The SMILES string of the molecule is Cc1ccc(C(C)NC(C)CCO)cc1[N+](=O)[O-]. The molecule has 0 aliphatic carbocycles. The van der Waals surface area contributed by atoms with E-state index in [0.29, 0.717) is 12.0 Å². The molecule has 0 aliphatic rings. The lowest BCUT2D eigenvalue weighted by Crippen LogP contribution is -2.29. The third-order valence-corrected chi connectivity index (χ3v) is 3.03. The highest BCUT2D eigenvalue weighted by molar-refractivity contribution is 5.43. The molecule has 0 fully saturated rings. The van der Waals surface area contributed by atoms with Gasteiger partial charge in [-0.3, -0.25) is 10.1 Å². The highest BCUT2D eigenvalue weighted by Crippen LogP contribution is 2.23. The average molecular weight is 252 g/mol. The van der Waals surface area contributed by atoms with Crippen LogP contribution in [0.15, 0.2) is 18.2 Å². The zero-order chi connectivity index (χ0) is 13.7. The zero-order valence-corrected chi connectivity index (χ0v) is 11.0. The van der Waals surface area contributed by atoms with Crippen molar-refractivity contribution in [2.24, 2.45) is 0 Å².